The minimum absolute atomic E-state index is 0.0770. The first-order chi connectivity index (χ1) is 10.5. The number of aryl methyl sites for hydroxylation is 1. The summed E-state index contributed by atoms with van der Waals surface area (Å²) in [5.74, 6) is -1.09. The molecule has 0 radical (unpaired) electrons. The molecule has 1 N–H and O–H groups in total. The van der Waals surface area contributed by atoms with Crippen molar-refractivity contribution in [3.8, 4) is 0 Å². The number of carbonyl (C=O) groups is 1. The van der Waals surface area contributed by atoms with E-state index in [-0.39, 0.29) is 16.6 Å². The van der Waals surface area contributed by atoms with Crippen LogP contribution in [0.1, 0.15) is 29.3 Å². The van der Waals surface area contributed by atoms with E-state index >= 15 is 0 Å². The summed E-state index contributed by atoms with van der Waals surface area (Å²) in [4.78, 5) is 12.1. The number of hydrogen-bond acceptors (Lipinski definition) is 1. The molecule has 2 rings (SSSR count). The molecular formula is C17H16BrClFNO. The van der Waals surface area contributed by atoms with E-state index in [9.17, 15) is 9.18 Å². The van der Waals surface area contributed by atoms with E-state index in [0.717, 1.165) is 17.3 Å². The standard InChI is InChI=1S/C17H16BrClFNO/c1-11(5-6-12-7-9-13(18)10-8-12)21-17(22)16-14(19)3-2-4-15(16)20/h2-4,7-11H,5-6H2,1H3,(H,21,22). The van der Waals surface area contributed by atoms with E-state index in [4.69, 9.17) is 11.6 Å². The van der Waals surface area contributed by atoms with Crippen molar-refractivity contribution in [1.29, 1.82) is 0 Å². The van der Waals surface area contributed by atoms with Gasteiger partial charge < -0.3 is 5.32 Å². The molecule has 0 aliphatic heterocycles. The fraction of sp³-hybridized carbons (Fsp3) is 0.235. The summed E-state index contributed by atoms with van der Waals surface area (Å²) in [7, 11) is 0. The van der Waals surface area contributed by atoms with Gasteiger partial charge >= 0.3 is 0 Å². The molecule has 0 heterocycles. The number of hydrogen-bond donors (Lipinski definition) is 1. The minimum atomic E-state index is -0.606. The van der Waals surface area contributed by atoms with E-state index in [1.165, 1.54) is 23.8 Å². The monoisotopic (exact) mass is 383 g/mol. The highest BCUT2D eigenvalue weighted by atomic mass is 79.9. The van der Waals surface area contributed by atoms with Crippen LogP contribution in [0.25, 0.3) is 0 Å². The maximum absolute atomic E-state index is 13.7. The molecule has 0 bridgehead atoms. The second kappa shape index (κ2) is 7.75. The topological polar surface area (TPSA) is 29.1 Å². The molecule has 5 heteroatoms. The molecule has 2 aromatic rings. The summed E-state index contributed by atoms with van der Waals surface area (Å²) in [6, 6.07) is 12.2. The largest absolute Gasteiger partial charge is 0.349 e. The van der Waals surface area contributed by atoms with Gasteiger partial charge in [0.05, 0.1) is 10.6 Å². The molecule has 2 nitrogen and oxygen atoms in total. The molecule has 2 aromatic carbocycles. The van der Waals surface area contributed by atoms with Crippen molar-refractivity contribution < 1.29 is 9.18 Å². The molecule has 0 fully saturated rings. The minimum Gasteiger partial charge on any atom is -0.349 e. The average Bonchev–Trinajstić information content (AvgIpc) is 2.46. The van der Waals surface area contributed by atoms with E-state index in [2.05, 4.69) is 21.2 Å². The van der Waals surface area contributed by atoms with Gasteiger partial charge in [0.15, 0.2) is 0 Å². The highest BCUT2D eigenvalue weighted by Crippen LogP contribution is 2.19. The number of amides is 1. The van der Waals surface area contributed by atoms with Gasteiger partial charge in [0, 0.05) is 10.5 Å². The lowest BCUT2D eigenvalue weighted by atomic mass is 10.1. The number of carbonyl (C=O) groups excluding carboxylic acids is 1. The van der Waals surface area contributed by atoms with Crippen molar-refractivity contribution in [2.24, 2.45) is 0 Å². The number of nitrogens with one attached hydrogen (secondary N) is 1. The Morgan fingerprint density at radius 2 is 1.95 bits per heavy atom. The van der Waals surface area contributed by atoms with Crippen molar-refractivity contribution in [3.05, 3.63) is 68.9 Å². The SMILES string of the molecule is CC(CCc1ccc(Br)cc1)NC(=O)c1c(F)cccc1Cl. The zero-order valence-electron chi connectivity index (χ0n) is 12.1. The quantitative estimate of drug-likeness (QED) is 0.773. The summed E-state index contributed by atoms with van der Waals surface area (Å²) in [5, 5.41) is 2.91. The molecule has 0 aromatic heterocycles. The van der Waals surface area contributed by atoms with Gasteiger partial charge in [-0.05, 0) is 49.6 Å². The lowest BCUT2D eigenvalue weighted by molar-refractivity contribution is 0.0934. The Balaban J connectivity index is 1.93. The lowest BCUT2D eigenvalue weighted by Crippen LogP contribution is -2.33. The van der Waals surface area contributed by atoms with Crippen molar-refractivity contribution in [2.45, 2.75) is 25.8 Å². The van der Waals surface area contributed by atoms with Crippen LogP contribution < -0.4 is 5.32 Å². The van der Waals surface area contributed by atoms with E-state index in [1.807, 2.05) is 31.2 Å². The summed E-state index contributed by atoms with van der Waals surface area (Å²) < 4.78 is 14.7. The second-order valence-electron chi connectivity index (χ2n) is 5.14. The number of benzene rings is 2. The summed E-state index contributed by atoms with van der Waals surface area (Å²) in [6.07, 6.45) is 1.60. The smallest absolute Gasteiger partial charge is 0.255 e. The number of halogens is 3. The maximum Gasteiger partial charge on any atom is 0.255 e. The molecule has 1 atom stereocenters. The van der Waals surface area contributed by atoms with Gasteiger partial charge in [-0.1, -0.05) is 45.7 Å². The highest BCUT2D eigenvalue weighted by molar-refractivity contribution is 9.10. The fourth-order valence-corrected chi connectivity index (χ4v) is 2.63. The molecule has 116 valence electrons. The van der Waals surface area contributed by atoms with Gasteiger partial charge in [-0.15, -0.1) is 0 Å². The molecule has 22 heavy (non-hydrogen) atoms. The van der Waals surface area contributed by atoms with E-state index < -0.39 is 11.7 Å². The Hall–Kier alpha value is -1.39. The van der Waals surface area contributed by atoms with Crippen molar-refractivity contribution in [2.75, 3.05) is 0 Å². The van der Waals surface area contributed by atoms with Crippen LogP contribution >= 0.6 is 27.5 Å². The molecule has 0 aliphatic rings. The summed E-state index contributed by atoms with van der Waals surface area (Å²) >= 11 is 9.28. The van der Waals surface area contributed by atoms with E-state index in [1.54, 1.807) is 0 Å². The normalized spacial score (nSPS) is 12.0. The van der Waals surface area contributed by atoms with Crippen LogP contribution in [0.2, 0.25) is 5.02 Å². The number of rotatable bonds is 5. The Kier molecular flexibility index (Phi) is 5.98. The van der Waals surface area contributed by atoms with Crippen LogP contribution in [0.5, 0.6) is 0 Å². The predicted octanol–water partition coefficient (Wildman–Crippen LogP) is 4.99. The Bertz CT molecular complexity index is 640. The lowest BCUT2D eigenvalue weighted by Gasteiger charge is -2.15. The highest BCUT2D eigenvalue weighted by Gasteiger charge is 2.17. The summed E-state index contributed by atoms with van der Waals surface area (Å²) in [5.41, 5.74) is 1.09. The van der Waals surface area contributed by atoms with E-state index in [0.29, 0.717) is 0 Å². The molecular weight excluding hydrogens is 369 g/mol. The predicted molar refractivity (Wildman–Crippen MR) is 90.8 cm³/mol. The third kappa shape index (κ3) is 4.55. The molecule has 0 aliphatic carbocycles. The molecule has 1 amide bonds. The fourth-order valence-electron chi connectivity index (χ4n) is 2.12. The Morgan fingerprint density at radius 1 is 1.27 bits per heavy atom. The van der Waals surface area contributed by atoms with Crippen molar-refractivity contribution >= 4 is 33.4 Å². The first kappa shape index (κ1) is 17.0. The van der Waals surface area contributed by atoms with Crippen LogP contribution in [0, 0.1) is 5.82 Å². The van der Waals surface area contributed by atoms with Gasteiger partial charge in [0.2, 0.25) is 0 Å². The zero-order valence-corrected chi connectivity index (χ0v) is 14.4. The zero-order chi connectivity index (χ0) is 16.1. The van der Waals surface area contributed by atoms with Crippen molar-refractivity contribution in [3.63, 3.8) is 0 Å². The first-order valence-electron chi connectivity index (χ1n) is 6.96. The van der Waals surface area contributed by atoms with Crippen LogP contribution in [-0.4, -0.2) is 11.9 Å². The molecule has 1 unspecified atom stereocenters. The molecule has 0 spiro atoms. The van der Waals surface area contributed by atoms with Gasteiger partial charge in [-0.2, -0.15) is 0 Å². The van der Waals surface area contributed by atoms with Gasteiger partial charge in [-0.25, -0.2) is 4.39 Å². The first-order valence-corrected chi connectivity index (χ1v) is 8.14. The maximum atomic E-state index is 13.7. The second-order valence-corrected chi connectivity index (χ2v) is 6.46. The van der Waals surface area contributed by atoms with Gasteiger partial charge in [0.25, 0.3) is 5.91 Å². The average molecular weight is 385 g/mol. The molecule has 0 saturated carbocycles. The van der Waals surface area contributed by atoms with Crippen LogP contribution in [0.3, 0.4) is 0 Å². The molecule has 0 saturated heterocycles. The Labute approximate surface area is 142 Å². The third-order valence-corrected chi connectivity index (χ3v) is 4.19. The van der Waals surface area contributed by atoms with Crippen LogP contribution in [-0.2, 0) is 6.42 Å². The summed E-state index contributed by atoms with van der Waals surface area (Å²) in [6.45, 7) is 1.89. The van der Waals surface area contributed by atoms with Crippen molar-refractivity contribution in [1.82, 2.24) is 5.32 Å². The van der Waals surface area contributed by atoms with Gasteiger partial charge in [0.1, 0.15) is 5.82 Å². The Morgan fingerprint density at radius 3 is 2.59 bits per heavy atom. The van der Waals surface area contributed by atoms with Crippen LogP contribution in [0.4, 0.5) is 4.39 Å². The third-order valence-electron chi connectivity index (χ3n) is 3.35. The van der Waals surface area contributed by atoms with Crippen LogP contribution in [0.15, 0.2) is 46.9 Å². The van der Waals surface area contributed by atoms with Gasteiger partial charge in [-0.3, -0.25) is 4.79 Å².